The lowest BCUT2D eigenvalue weighted by Crippen LogP contribution is -2.60. The number of rotatable bonds is 2. The molecule has 5 heterocycles. The van der Waals surface area contributed by atoms with Gasteiger partial charge in [-0.1, -0.05) is 12.1 Å². The summed E-state index contributed by atoms with van der Waals surface area (Å²) in [5, 5.41) is 0. The van der Waals surface area contributed by atoms with Crippen molar-refractivity contribution < 1.29 is 18.0 Å². The summed E-state index contributed by atoms with van der Waals surface area (Å²) in [6.07, 6.45) is 1.19. The number of piperidine rings is 3. The molecule has 0 N–H and O–H groups in total. The molecule has 0 radical (unpaired) electrons. The summed E-state index contributed by atoms with van der Waals surface area (Å²) in [5.74, 6) is 0.235. The van der Waals surface area contributed by atoms with Crippen molar-refractivity contribution in [3.05, 3.63) is 65.5 Å². The van der Waals surface area contributed by atoms with Gasteiger partial charge < -0.3 is 4.90 Å². The minimum absolute atomic E-state index is 0.0461. The molecule has 7 heteroatoms. The normalized spacial score (nSPS) is 31.0. The highest BCUT2D eigenvalue weighted by molar-refractivity contribution is 5.95. The number of pyridine rings is 1. The molecule has 4 saturated heterocycles. The van der Waals surface area contributed by atoms with Crippen molar-refractivity contribution in [3.8, 4) is 0 Å². The average molecular weight is 401 g/mol. The first-order chi connectivity index (χ1) is 13.9. The van der Waals surface area contributed by atoms with Gasteiger partial charge in [-0.15, -0.1) is 0 Å². The van der Waals surface area contributed by atoms with E-state index in [4.69, 9.17) is 0 Å². The Morgan fingerprint density at radius 1 is 1.07 bits per heavy atom. The van der Waals surface area contributed by atoms with E-state index in [1.807, 2.05) is 23.2 Å². The van der Waals surface area contributed by atoms with E-state index in [9.17, 15) is 18.0 Å². The zero-order valence-electron chi connectivity index (χ0n) is 15.8. The molecule has 3 unspecified atom stereocenters. The van der Waals surface area contributed by atoms with E-state index in [1.54, 1.807) is 6.20 Å². The first-order valence-electron chi connectivity index (χ1n) is 10.1. The molecular weight excluding hydrogens is 379 g/mol. The van der Waals surface area contributed by atoms with Crippen LogP contribution in [0.1, 0.15) is 40.2 Å². The van der Waals surface area contributed by atoms with Gasteiger partial charge in [-0.05, 0) is 61.7 Å². The van der Waals surface area contributed by atoms with Gasteiger partial charge in [-0.2, -0.15) is 13.2 Å². The van der Waals surface area contributed by atoms with Crippen molar-refractivity contribution in [3.63, 3.8) is 0 Å². The Labute approximate surface area is 167 Å². The van der Waals surface area contributed by atoms with E-state index < -0.39 is 11.7 Å². The maximum absolute atomic E-state index is 13.4. The number of alkyl halides is 3. The minimum atomic E-state index is -4.46. The summed E-state index contributed by atoms with van der Waals surface area (Å²) in [6.45, 7) is 2.56. The molecule has 1 aromatic carbocycles. The molecule has 1 aromatic heterocycles. The lowest BCUT2D eigenvalue weighted by atomic mass is 9.75. The smallest absolute Gasteiger partial charge is 0.333 e. The molecule has 0 spiro atoms. The number of aromatic nitrogens is 1. The van der Waals surface area contributed by atoms with Crippen LogP contribution in [0, 0.1) is 5.92 Å². The topological polar surface area (TPSA) is 36.4 Å². The third kappa shape index (κ3) is 3.12. The molecular formula is C22H22F3N3O. The number of halogens is 3. The SMILES string of the molecule is O=C(c1cccc(C(F)(F)F)c1)N1CC(c2cccnc2)C2C1C1CCN2CC1. The maximum Gasteiger partial charge on any atom is 0.416 e. The number of hydrogen-bond donors (Lipinski definition) is 0. The van der Waals surface area contributed by atoms with Crippen LogP contribution < -0.4 is 0 Å². The Bertz CT molecular complexity index is 909. The molecule has 4 fully saturated rings. The molecule has 4 aliphatic heterocycles. The zero-order valence-corrected chi connectivity index (χ0v) is 15.8. The van der Waals surface area contributed by atoms with Crippen molar-refractivity contribution in [2.45, 2.75) is 37.0 Å². The summed E-state index contributed by atoms with van der Waals surface area (Å²) in [7, 11) is 0. The van der Waals surface area contributed by atoms with Crippen LogP contribution in [0.5, 0.6) is 0 Å². The van der Waals surface area contributed by atoms with Crippen LogP contribution in [0.25, 0.3) is 0 Å². The largest absolute Gasteiger partial charge is 0.416 e. The van der Waals surface area contributed by atoms with Gasteiger partial charge in [-0.3, -0.25) is 14.7 Å². The van der Waals surface area contributed by atoms with E-state index in [1.165, 1.54) is 12.1 Å². The number of likely N-dealkylation sites (tertiary alicyclic amines) is 1. The predicted octanol–water partition coefficient (Wildman–Crippen LogP) is 3.80. The number of amides is 1. The van der Waals surface area contributed by atoms with Crippen LogP contribution in [-0.4, -0.2) is 52.4 Å². The van der Waals surface area contributed by atoms with Gasteiger partial charge in [-0.25, -0.2) is 0 Å². The van der Waals surface area contributed by atoms with E-state index in [2.05, 4.69) is 9.88 Å². The van der Waals surface area contributed by atoms with Gasteiger partial charge in [0.2, 0.25) is 0 Å². The first kappa shape index (κ1) is 18.6. The maximum atomic E-state index is 13.4. The number of carbonyl (C=O) groups is 1. The van der Waals surface area contributed by atoms with E-state index >= 15 is 0 Å². The standard InChI is InChI=1S/C22H22F3N3O/c23-22(24,25)17-5-1-3-15(11-17)21(29)28-13-18(16-4-2-8-26-12-16)20-19(28)14-6-9-27(20)10-7-14/h1-5,8,11-12,14,18-20H,6-7,9-10,13H2. The van der Waals surface area contributed by atoms with Gasteiger partial charge in [0.15, 0.2) is 0 Å². The minimum Gasteiger partial charge on any atom is -0.333 e. The second-order valence-corrected chi connectivity index (χ2v) is 8.28. The third-order valence-electron chi connectivity index (χ3n) is 6.80. The van der Waals surface area contributed by atoms with Gasteiger partial charge in [0, 0.05) is 36.5 Å². The first-order valence-corrected chi connectivity index (χ1v) is 10.1. The Kier molecular flexibility index (Phi) is 4.38. The fourth-order valence-electron chi connectivity index (χ4n) is 5.54. The summed E-state index contributed by atoms with van der Waals surface area (Å²) in [4.78, 5) is 21.9. The monoisotopic (exact) mass is 401 g/mol. The number of fused-ring (bicyclic) bond motifs is 2. The second-order valence-electron chi connectivity index (χ2n) is 8.28. The van der Waals surface area contributed by atoms with Crippen molar-refractivity contribution in [1.82, 2.24) is 14.8 Å². The Hall–Kier alpha value is -2.41. The Balaban J connectivity index is 1.51. The van der Waals surface area contributed by atoms with Crippen molar-refractivity contribution in [2.75, 3.05) is 19.6 Å². The molecule has 2 bridgehead atoms. The number of carbonyl (C=O) groups excluding carboxylic acids is 1. The number of nitrogens with zero attached hydrogens (tertiary/aromatic N) is 3. The third-order valence-corrected chi connectivity index (χ3v) is 6.80. The molecule has 4 nitrogen and oxygen atoms in total. The molecule has 29 heavy (non-hydrogen) atoms. The van der Waals surface area contributed by atoms with Crippen molar-refractivity contribution in [2.24, 2.45) is 5.92 Å². The fraction of sp³-hybridized carbons (Fsp3) is 0.455. The van der Waals surface area contributed by atoms with Gasteiger partial charge in [0.05, 0.1) is 11.6 Å². The molecule has 152 valence electrons. The van der Waals surface area contributed by atoms with Gasteiger partial charge in [0.25, 0.3) is 5.91 Å². The highest BCUT2D eigenvalue weighted by Gasteiger charge is 2.54. The molecule has 6 rings (SSSR count). The van der Waals surface area contributed by atoms with E-state index in [0.29, 0.717) is 12.5 Å². The van der Waals surface area contributed by atoms with E-state index in [-0.39, 0.29) is 29.5 Å². The van der Waals surface area contributed by atoms with Crippen LogP contribution in [0.4, 0.5) is 13.2 Å². The Morgan fingerprint density at radius 2 is 1.86 bits per heavy atom. The van der Waals surface area contributed by atoms with Crippen LogP contribution in [0.2, 0.25) is 0 Å². The zero-order chi connectivity index (χ0) is 20.2. The van der Waals surface area contributed by atoms with Crippen LogP contribution in [0.3, 0.4) is 0 Å². The molecule has 1 amide bonds. The molecule has 0 saturated carbocycles. The Morgan fingerprint density at radius 3 is 2.55 bits per heavy atom. The average Bonchev–Trinajstić information content (AvgIpc) is 3.17. The van der Waals surface area contributed by atoms with Crippen molar-refractivity contribution >= 4 is 5.91 Å². The number of benzene rings is 1. The lowest BCUT2D eigenvalue weighted by molar-refractivity contribution is -0.137. The summed E-state index contributed by atoms with van der Waals surface area (Å²) >= 11 is 0. The van der Waals surface area contributed by atoms with Gasteiger partial charge >= 0.3 is 6.18 Å². The predicted molar refractivity (Wildman–Crippen MR) is 101 cm³/mol. The summed E-state index contributed by atoms with van der Waals surface area (Å²) in [5.41, 5.74) is 0.424. The lowest BCUT2D eigenvalue weighted by Gasteiger charge is -2.51. The molecule has 2 aromatic rings. The molecule has 0 aliphatic carbocycles. The van der Waals surface area contributed by atoms with Crippen LogP contribution >= 0.6 is 0 Å². The summed E-state index contributed by atoms with van der Waals surface area (Å²) < 4.78 is 39.4. The quantitative estimate of drug-likeness (QED) is 0.768. The molecule has 4 aliphatic rings. The fourth-order valence-corrected chi connectivity index (χ4v) is 5.54. The second kappa shape index (κ2) is 6.83. The van der Waals surface area contributed by atoms with Crippen molar-refractivity contribution in [1.29, 1.82) is 0 Å². The van der Waals surface area contributed by atoms with Crippen LogP contribution in [0.15, 0.2) is 48.8 Å². The van der Waals surface area contributed by atoms with E-state index in [0.717, 1.165) is 43.6 Å². The molecule has 3 atom stereocenters. The number of hydrogen-bond acceptors (Lipinski definition) is 3. The van der Waals surface area contributed by atoms with Gasteiger partial charge in [0.1, 0.15) is 0 Å². The van der Waals surface area contributed by atoms with Crippen LogP contribution in [-0.2, 0) is 6.18 Å². The summed E-state index contributed by atoms with van der Waals surface area (Å²) in [6, 6.07) is 9.00. The highest BCUT2D eigenvalue weighted by atomic mass is 19.4. The highest BCUT2D eigenvalue weighted by Crippen LogP contribution is 2.47.